The number of ether oxygens (including phenoxy) is 1. The topological polar surface area (TPSA) is 34.4 Å². The summed E-state index contributed by atoms with van der Waals surface area (Å²) in [6.45, 7) is 0. The molecular weight excluding hydrogens is 317 g/mol. The molecule has 0 fully saturated rings. The van der Waals surface area contributed by atoms with Gasteiger partial charge in [-0.3, -0.25) is 0 Å². The normalized spacial score (nSPS) is 16.3. The van der Waals surface area contributed by atoms with Crippen LogP contribution in [0.1, 0.15) is 24.5 Å². The van der Waals surface area contributed by atoms with Gasteiger partial charge < -0.3 is 14.4 Å². The van der Waals surface area contributed by atoms with Crippen LogP contribution in [0.2, 0.25) is 5.02 Å². The minimum Gasteiger partial charge on any atom is -0.494 e. The molecule has 0 aliphatic heterocycles. The van der Waals surface area contributed by atoms with Crippen LogP contribution in [0, 0.1) is 0 Å². The Labute approximate surface area is 139 Å². The number of hydrogen-bond acceptors (Lipinski definition) is 2. The molecule has 1 aromatic heterocycles. The molecular formula is C18H17ClFNO2. The number of halogens is 2. The van der Waals surface area contributed by atoms with E-state index in [1.165, 1.54) is 7.11 Å². The van der Waals surface area contributed by atoms with Crippen LogP contribution in [-0.2, 0) is 4.74 Å². The van der Waals surface area contributed by atoms with E-state index in [-0.39, 0.29) is 5.76 Å². The lowest BCUT2D eigenvalue weighted by Crippen LogP contribution is -2.11. The first-order chi connectivity index (χ1) is 11.1. The zero-order chi connectivity index (χ0) is 16.4. The second kappa shape index (κ2) is 6.60. The summed E-state index contributed by atoms with van der Waals surface area (Å²) in [5.74, 6) is -0.320. The minimum atomic E-state index is -1.08. The van der Waals surface area contributed by atoms with Gasteiger partial charge in [-0.25, -0.2) is 4.39 Å². The van der Waals surface area contributed by atoms with Gasteiger partial charge in [0.25, 0.3) is 0 Å². The zero-order valence-corrected chi connectivity index (χ0v) is 13.4. The number of aliphatic hydroxyl groups is 1. The van der Waals surface area contributed by atoms with Gasteiger partial charge in [0, 0.05) is 28.6 Å². The van der Waals surface area contributed by atoms with Gasteiger partial charge in [0.05, 0.1) is 12.8 Å². The molecule has 0 saturated heterocycles. The van der Waals surface area contributed by atoms with E-state index in [4.69, 9.17) is 16.3 Å². The van der Waals surface area contributed by atoms with Crippen LogP contribution in [-0.4, -0.2) is 16.8 Å². The first kappa shape index (κ1) is 15.8. The maximum atomic E-state index is 14.5. The third kappa shape index (κ3) is 3.05. The van der Waals surface area contributed by atoms with Gasteiger partial charge in [-0.2, -0.15) is 0 Å². The van der Waals surface area contributed by atoms with Gasteiger partial charge in [-0.15, -0.1) is 0 Å². The molecule has 1 unspecified atom stereocenters. The minimum absolute atomic E-state index is 0.176. The number of methoxy groups -OCH3 is 1. The van der Waals surface area contributed by atoms with Crippen molar-refractivity contribution in [1.82, 2.24) is 4.57 Å². The lowest BCUT2D eigenvalue weighted by molar-refractivity contribution is 0.199. The zero-order valence-electron chi connectivity index (χ0n) is 12.7. The summed E-state index contributed by atoms with van der Waals surface area (Å²) >= 11 is 6.09. The summed E-state index contributed by atoms with van der Waals surface area (Å²) < 4.78 is 21.4. The highest BCUT2D eigenvalue weighted by molar-refractivity contribution is 6.30. The van der Waals surface area contributed by atoms with Gasteiger partial charge in [-0.05, 0) is 49.2 Å². The number of benzene rings is 1. The molecule has 1 atom stereocenters. The molecule has 23 heavy (non-hydrogen) atoms. The Morgan fingerprint density at radius 2 is 2.04 bits per heavy atom. The Kier molecular flexibility index (Phi) is 4.55. The van der Waals surface area contributed by atoms with Gasteiger partial charge in [-0.1, -0.05) is 11.6 Å². The van der Waals surface area contributed by atoms with E-state index in [0.717, 1.165) is 5.69 Å². The summed E-state index contributed by atoms with van der Waals surface area (Å²) in [5, 5.41) is 11.3. The van der Waals surface area contributed by atoms with E-state index in [9.17, 15) is 9.50 Å². The molecule has 1 aromatic carbocycles. The molecule has 0 amide bonds. The van der Waals surface area contributed by atoms with Crippen molar-refractivity contribution in [2.24, 2.45) is 0 Å². The third-order valence-corrected chi connectivity index (χ3v) is 4.19. The fourth-order valence-electron chi connectivity index (χ4n) is 2.81. The van der Waals surface area contributed by atoms with Gasteiger partial charge in [0.2, 0.25) is 0 Å². The summed E-state index contributed by atoms with van der Waals surface area (Å²) in [6, 6.07) is 9.01. The van der Waals surface area contributed by atoms with Crippen LogP contribution in [0.15, 0.2) is 66.0 Å². The van der Waals surface area contributed by atoms with Crippen molar-refractivity contribution in [3.05, 3.63) is 76.5 Å². The number of aromatic nitrogens is 1. The van der Waals surface area contributed by atoms with Gasteiger partial charge in [0.15, 0.2) is 11.6 Å². The van der Waals surface area contributed by atoms with E-state index in [2.05, 4.69) is 0 Å². The molecule has 0 radical (unpaired) electrons. The molecule has 0 spiro atoms. The van der Waals surface area contributed by atoms with Crippen molar-refractivity contribution in [3.8, 4) is 5.69 Å². The largest absolute Gasteiger partial charge is 0.494 e. The number of nitrogens with zero attached hydrogens (tertiary/aromatic N) is 1. The lowest BCUT2D eigenvalue weighted by atomic mass is 9.92. The van der Waals surface area contributed by atoms with Gasteiger partial charge >= 0.3 is 0 Å². The lowest BCUT2D eigenvalue weighted by Gasteiger charge is -2.23. The molecule has 1 aliphatic rings. The monoisotopic (exact) mass is 333 g/mol. The number of rotatable bonds is 4. The van der Waals surface area contributed by atoms with Crippen molar-refractivity contribution < 1.29 is 14.2 Å². The van der Waals surface area contributed by atoms with Crippen molar-refractivity contribution in [1.29, 1.82) is 0 Å². The molecule has 1 heterocycles. The maximum Gasteiger partial charge on any atom is 0.166 e. The molecule has 3 nitrogen and oxygen atoms in total. The molecule has 120 valence electrons. The highest BCUT2D eigenvalue weighted by atomic mass is 35.5. The second-order valence-corrected chi connectivity index (χ2v) is 5.78. The molecule has 2 aromatic rings. The van der Waals surface area contributed by atoms with Crippen LogP contribution in [0.4, 0.5) is 4.39 Å². The fraction of sp³-hybridized carbons (Fsp3) is 0.222. The Morgan fingerprint density at radius 3 is 2.74 bits per heavy atom. The SMILES string of the molecule is COC1=CCCC(C(O)c2cc(Cl)ccc2-n2cccc2)=C1F. The Hall–Kier alpha value is -2.04. The Balaban J connectivity index is 2.08. The van der Waals surface area contributed by atoms with Crippen molar-refractivity contribution in [3.63, 3.8) is 0 Å². The van der Waals surface area contributed by atoms with Crippen LogP contribution in [0.25, 0.3) is 5.69 Å². The van der Waals surface area contributed by atoms with Gasteiger partial charge in [0.1, 0.15) is 6.10 Å². The average Bonchev–Trinajstić information content (AvgIpc) is 3.08. The predicted octanol–water partition coefficient (Wildman–Crippen LogP) is 4.71. The number of hydrogen-bond donors (Lipinski definition) is 1. The first-order valence-corrected chi connectivity index (χ1v) is 7.73. The fourth-order valence-corrected chi connectivity index (χ4v) is 2.99. The van der Waals surface area contributed by atoms with Crippen molar-refractivity contribution in [2.75, 3.05) is 7.11 Å². The van der Waals surface area contributed by atoms with Crippen molar-refractivity contribution >= 4 is 11.6 Å². The summed E-state index contributed by atoms with van der Waals surface area (Å²) in [7, 11) is 1.42. The van der Waals surface area contributed by atoms with E-state index in [1.54, 1.807) is 18.2 Å². The third-order valence-electron chi connectivity index (χ3n) is 3.96. The van der Waals surface area contributed by atoms with E-state index in [1.807, 2.05) is 35.2 Å². The van der Waals surface area contributed by atoms with Crippen molar-refractivity contribution in [2.45, 2.75) is 18.9 Å². The Morgan fingerprint density at radius 1 is 1.30 bits per heavy atom. The van der Waals surface area contributed by atoms with E-state index in [0.29, 0.717) is 29.0 Å². The highest BCUT2D eigenvalue weighted by Gasteiger charge is 2.26. The smallest absolute Gasteiger partial charge is 0.166 e. The predicted molar refractivity (Wildman–Crippen MR) is 88.2 cm³/mol. The molecule has 0 bridgehead atoms. The summed E-state index contributed by atoms with van der Waals surface area (Å²) in [6.07, 6.45) is 5.41. The first-order valence-electron chi connectivity index (χ1n) is 7.35. The Bertz CT molecular complexity index is 765. The van der Waals surface area contributed by atoms with Crippen LogP contribution in [0.3, 0.4) is 0 Å². The summed E-state index contributed by atoms with van der Waals surface area (Å²) in [5.41, 5.74) is 1.65. The maximum absolute atomic E-state index is 14.5. The van der Waals surface area contributed by atoms with E-state index >= 15 is 0 Å². The molecule has 1 N–H and O–H groups in total. The highest BCUT2D eigenvalue weighted by Crippen LogP contribution is 2.38. The quantitative estimate of drug-likeness (QED) is 0.879. The van der Waals surface area contributed by atoms with E-state index < -0.39 is 11.9 Å². The standard InChI is InChI=1S/C18H17ClFNO2/c1-23-16-6-4-5-13(17(16)20)18(22)14-11-12(19)7-8-15(14)21-9-2-3-10-21/h2-3,6-11,18,22H,4-5H2,1H3. The molecule has 5 heteroatoms. The van der Waals surface area contributed by atoms with Crippen LogP contribution < -0.4 is 0 Å². The molecule has 1 aliphatic carbocycles. The van der Waals surface area contributed by atoms with Crippen LogP contribution in [0.5, 0.6) is 0 Å². The second-order valence-electron chi connectivity index (χ2n) is 5.35. The average molecular weight is 334 g/mol. The van der Waals surface area contributed by atoms with Crippen LogP contribution >= 0.6 is 11.6 Å². The number of allylic oxidation sites excluding steroid dienone is 2. The summed E-state index contributed by atoms with van der Waals surface area (Å²) in [4.78, 5) is 0. The molecule has 0 saturated carbocycles. The number of aliphatic hydroxyl groups excluding tert-OH is 1. The molecule has 3 rings (SSSR count).